The van der Waals surface area contributed by atoms with Crippen molar-refractivity contribution >= 4 is 6.09 Å². The molecule has 1 fully saturated rings. The van der Waals surface area contributed by atoms with Gasteiger partial charge in [-0.2, -0.15) is 0 Å². The van der Waals surface area contributed by atoms with Crippen LogP contribution in [0.25, 0.3) is 0 Å². The monoisotopic (exact) mass is 249 g/mol. The fourth-order valence-corrected chi connectivity index (χ4v) is 2.53. The molecular weight excluding hydrogens is 230 g/mol. The molecule has 1 unspecified atom stereocenters. The normalized spacial score (nSPS) is 23.7. The number of amides is 1. The second kappa shape index (κ2) is 5.29. The predicted molar refractivity (Wildman–Crippen MR) is 68.7 cm³/mol. The maximum atomic E-state index is 11.4. The summed E-state index contributed by atoms with van der Waals surface area (Å²) in [6, 6.07) is 9.44. The third-order valence-corrected chi connectivity index (χ3v) is 3.53. The van der Waals surface area contributed by atoms with Crippen molar-refractivity contribution < 1.29 is 14.6 Å². The number of para-hydroxylation sites is 1. The fraction of sp³-hybridized carbons (Fsp3) is 0.500. The van der Waals surface area contributed by atoms with E-state index in [9.17, 15) is 9.90 Å². The smallest absolute Gasteiger partial charge is 0.410 e. The van der Waals surface area contributed by atoms with Gasteiger partial charge in [-0.3, -0.25) is 4.90 Å². The van der Waals surface area contributed by atoms with Gasteiger partial charge in [-0.1, -0.05) is 25.1 Å². The topological polar surface area (TPSA) is 49.8 Å². The molecule has 4 nitrogen and oxygen atoms in total. The minimum absolute atomic E-state index is 0.552. The molecule has 1 saturated heterocycles. The Balaban J connectivity index is 2.24. The maximum absolute atomic E-state index is 11.4. The molecule has 1 aromatic carbocycles. The minimum atomic E-state index is -0.896. The number of likely N-dealkylation sites (tertiary alicyclic amines) is 1. The number of hydrogen-bond donors (Lipinski definition) is 1. The predicted octanol–water partition coefficient (Wildman–Crippen LogP) is 3.34. The molecule has 1 aliphatic heterocycles. The zero-order valence-electron chi connectivity index (χ0n) is 10.6. The van der Waals surface area contributed by atoms with Gasteiger partial charge < -0.3 is 9.84 Å². The molecule has 1 atom stereocenters. The highest BCUT2D eigenvalue weighted by Gasteiger charge is 2.42. The number of carbonyl (C=O) groups is 1. The quantitative estimate of drug-likeness (QED) is 0.893. The van der Waals surface area contributed by atoms with E-state index in [0.717, 1.165) is 25.0 Å². The first-order valence-corrected chi connectivity index (χ1v) is 6.42. The minimum Gasteiger partial charge on any atom is -0.468 e. The average Bonchev–Trinajstić information content (AvgIpc) is 2.40. The van der Waals surface area contributed by atoms with E-state index in [1.807, 2.05) is 37.3 Å². The highest BCUT2D eigenvalue weighted by molar-refractivity contribution is 5.66. The van der Waals surface area contributed by atoms with Gasteiger partial charge in [0.05, 0.1) is 0 Å². The zero-order valence-corrected chi connectivity index (χ0v) is 10.6. The van der Waals surface area contributed by atoms with Crippen molar-refractivity contribution in [2.24, 2.45) is 0 Å². The average molecular weight is 249 g/mol. The number of hydrogen-bond acceptors (Lipinski definition) is 2. The molecule has 0 spiro atoms. The third-order valence-electron chi connectivity index (χ3n) is 3.53. The molecular formula is C14H19NO3. The number of ether oxygens (including phenoxy) is 1. The number of rotatable bonds is 3. The molecule has 1 amide bonds. The lowest BCUT2D eigenvalue weighted by molar-refractivity contribution is -0.0951. The molecule has 18 heavy (non-hydrogen) atoms. The molecule has 4 heteroatoms. The summed E-state index contributed by atoms with van der Waals surface area (Å²) in [5.74, 6) is 0.729. The third kappa shape index (κ3) is 2.42. The van der Waals surface area contributed by atoms with E-state index in [-0.39, 0.29) is 0 Å². The highest BCUT2D eigenvalue weighted by atomic mass is 16.5. The Bertz CT molecular complexity index is 407. The molecule has 0 aliphatic carbocycles. The van der Waals surface area contributed by atoms with Gasteiger partial charge in [-0.25, -0.2) is 4.79 Å². The van der Waals surface area contributed by atoms with Crippen molar-refractivity contribution in [3.63, 3.8) is 0 Å². The van der Waals surface area contributed by atoms with E-state index in [1.54, 1.807) is 0 Å². The Hall–Kier alpha value is -1.71. The van der Waals surface area contributed by atoms with Crippen LogP contribution in [0.5, 0.6) is 5.75 Å². The maximum Gasteiger partial charge on any atom is 0.410 e. The lowest BCUT2D eigenvalue weighted by Gasteiger charge is -2.44. The van der Waals surface area contributed by atoms with E-state index in [1.165, 1.54) is 4.90 Å². The van der Waals surface area contributed by atoms with Crippen LogP contribution in [0.2, 0.25) is 0 Å². The van der Waals surface area contributed by atoms with Crippen LogP contribution in [0.1, 0.15) is 32.6 Å². The molecule has 1 aliphatic rings. The molecule has 2 rings (SSSR count). The van der Waals surface area contributed by atoms with Crippen molar-refractivity contribution in [1.82, 2.24) is 4.90 Å². The number of benzene rings is 1. The first-order valence-electron chi connectivity index (χ1n) is 6.42. The van der Waals surface area contributed by atoms with E-state index in [4.69, 9.17) is 4.74 Å². The van der Waals surface area contributed by atoms with Crippen LogP contribution in [0.15, 0.2) is 30.3 Å². The van der Waals surface area contributed by atoms with Gasteiger partial charge in [0.25, 0.3) is 0 Å². The Morgan fingerprint density at radius 1 is 1.39 bits per heavy atom. The Morgan fingerprint density at radius 3 is 2.72 bits per heavy atom. The van der Waals surface area contributed by atoms with Crippen LogP contribution >= 0.6 is 0 Å². The Morgan fingerprint density at radius 2 is 2.11 bits per heavy atom. The first-order chi connectivity index (χ1) is 8.68. The second-order valence-corrected chi connectivity index (χ2v) is 4.61. The summed E-state index contributed by atoms with van der Waals surface area (Å²) in [6.45, 7) is 2.53. The van der Waals surface area contributed by atoms with Gasteiger partial charge >= 0.3 is 6.09 Å². The van der Waals surface area contributed by atoms with Crippen molar-refractivity contribution in [1.29, 1.82) is 0 Å². The van der Waals surface area contributed by atoms with Crippen LogP contribution in [-0.2, 0) is 0 Å². The fourth-order valence-electron chi connectivity index (χ4n) is 2.53. The molecule has 0 bridgehead atoms. The van der Waals surface area contributed by atoms with Gasteiger partial charge in [0, 0.05) is 19.4 Å². The molecule has 1 N–H and O–H groups in total. The summed E-state index contributed by atoms with van der Waals surface area (Å²) in [7, 11) is 0. The molecule has 0 radical (unpaired) electrons. The van der Waals surface area contributed by atoms with Crippen molar-refractivity contribution in [3.8, 4) is 5.75 Å². The lowest BCUT2D eigenvalue weighted by Crippen LogP contribution is -2.57. The van der Waals surface area contributed by atoms with Crippen molar-refractivity contribution in [2.75, 3.05) is 6.54 Å². The van der Waals surface area contributed by atoms with E-state index in [2.05, 4.69) is 0 Å². The van der Waals surface area contributed by atoms with Crippen LogP contribution in [0.4, 0.5) is 4.79 Å². The summed E-state index contributed by atoms with van der Waals surface area (Å²) >= 11 is 0. The molecule has 1 aromatic rings. The van der Waals surface area contributed by atoms with Gasteiger partial charge in [-0.15, -0.1) is 0 Å². The van der Waals surface area contributed by atoms with Crippen molar-refractivity contribution in [2.45, 2.75) is 38.3 Å². The number of carboxylic acid groups (broad SMARTS) is 1. The number of nitrogens with zero attached hydrogens (tertiary/aromatic N) is 1. The summed E-state index contributed by atoms with van der Waals surface area (Å²) < 4.78 is 6.01. The largest absolute Gasteiger partial charge is 0.468 e. The van der Waals surface area contributed by atoms with Crippen molar-refractivity contribution in [3.05, 3.63) is 30.3 Å². The zero-order chi connectivity index (χ0) is 13.0. The standard InChI is InChI=1S/C14H19NO3/c1-2-14(18-12-8-4-3-5-9-12)10-6-7-11-15(14)13(16)17/h3-5,8-9H,2,6-7,10-11H2,1H3,(H,16,17). The molecule has 1 heterocycles. The Kier molecular flexibility index (Phi) is 3.75. The Labute approximate surface area is 107 Å². The van der Waals surface area contributed by atoms with E-state index < -0.39 is 11.8 Å². The highest BCUT2D eigenvalue weighted by Crippen LogP contribution is 2.33. The van der Waals surface area contributed by atoms with Crippen LogP contribution in [0, 0.1) is 0 Å². The van der Waals surface area contributed by atoms with Gasteiger partial charge in [0.2, 0.25) is 0 Å². The van der Waals surface area contributed by atoms with Crippen LogP contribution in [0.3, 0.4) is 0 Å². The van der Waals surface area contributed by atoms with E-state index >= 15 is 0 Å². The molecule has 98 valence electrons. The second-order valence-electron chi connectivity index (χ2n) is 4.61. The summed E-state index contributed by atoms with van der Waals surface area (Å²) in [5, 5.41) is 9.33. The van der Waals surface area contributed by atoms with Crippen LogP contribution < -0.4 is 4.74 Å². The van der Waals surface area contributed by atoms with Crippen LogP contribution in [-0.4, -0.2) is 28.4 Å². The van der Waals surface area contributed by atoms with Gasteiger partial charge in [0.15, 0.2) is 5.72 Å². The first kappa shape index (κ1) is 12.7. The molecule has 0 saturated carbocycles. The lowest BCUT2D eigenvalue weighted by atomic mass is 9.96. The van der Waals surface area contributed by atoms with E-state index in [0.29, 0.717) is 13.0 Å². The summed E-state index contributed by atoms with van der Waals surface area (Å²) in [5.41, 5.74) is -0.703. The summed E-state index contributed by atoms with van der Waals surface area (Å²) in [6.07, 6.45) is 2.43. The number of piperidine rings is 1. The van der Waals surface area contributed by atoms with Gasteiger partial charge in [0.1, 0.15) is 5.75 Å². The SMILES string of the molecule is CCC1(Oc2ccccc2)CCCCN1C(=O)O. The summed E-state index contributed by atoms with van der Waals surface area (Å²) in [4.78, 5) is 12.8. The van der Waals surface area contributed by atoms with Gasteiger partial charge in [-0.05, 0) is 25.0 Å². The molecule has 0 aromatic heterocycles.